The van der Waals surface area contributed by atoms with Gasteiger partial charge in [0, 0.05) is 0 Å². The fourth-order valence-corrected chi connectivity index (χ4v) is 5.31. The predicted octanol–water partition coefficient (Wildman–Crippen LogP) is 3.44. The van der Waals surface area contributed by atoms with E-state index in [1.807, 2.05) is 73.8 Å². The van der Waals surface area contributed by atoms with E-state index in [0.29, 0.717) is 18.0 Å². The number of rotatable bonds is 5. The molecule has 3 N–H and O–H groups in total. The summed E-state index contributed by atoms with van der Waals surface area (Å²) in [6.45, 7) is 1.85. The van der Waals surface area contributed by atoms with Gasteiger partial charge < -0.3 is 14.9 Å². The zero-order chi connectivity index (χ0) is 25.2. The van der Waals surface area contributed by atoms with E-state index in [2.05, 4.69) is 10.4 Å². The number of para-hydroxylation sites is 1. The quantitative estimate of drug-likeness (QED) is 0.573. The van der Waals surface area contributed by atoms with E-state index in [1.54, 1.807) is 0 Å². The number of anilines is 1. The highest BCUT2D eigenvalue weighted by molar-refractivity contribution is 8.13. The number of carboxylic acid groups (broad SMARTS) is 2. The molecule has 3 heterocycles. The highest BCUT2D eigenvalue weighted by atomic mass is 32.2. The van der Waals surface area contributed by atoms with Gasteiger partial charge in [-0.15, -0.1) is 0 Å². The third-order valence-corrected chi connectivity index (χ3v) is 7.15. The lowest BCUT2D eigenvalue weighted by atomic mass is 9.79. The average Bonchev–Trinajstić information content (AvgIpc) is 3.55. The summed E-state index contributed by atoms with van der Waals surface area (Å²) in [5.74, 6) is -3.89. The minimum absolute atomic E-state index is 0.0769. The normalized spacial score (nSPS) is 28.8. The van der Waals surface area contributed by atoms with Gasteiger partial charge in [0.2, 0.25) is 0 Å². The maximum atomic E-state index is 12.9. The minimum Gasteiger partial charge on any atom is -0.481 e. The molecule has 35 heavy (non-hydrogen) atoms. The molecule has 0 saturated carbocycles. The second-order valence-corrected chi connectivity index (χ2v) is 9.45. The number of carbonyl (C=O) groups excluding carboxylic acids is 1. The van der Waals surface area contributed by atoms with E-state index < -0.39 is 29.3 Å². The Morgan fingerprint density at radius 3 is 2.00 bits per heavy atom. The highest BCUT2D eigenvalue weighted by Gasteiger charge is 2.55. The zero-order valence-electron chi connectivity index (χ0n) is 19.3. The Hall–Kier alpha value is -3.37. The van der Waals surface area contributed by atoms with Crippen LogP contribution in [0.2, 0.25) is 0 Å². The smallest absolute Gasteiger partial charge is 0.310 e. The molecule has 2 aromatic rings. The number of nitrogens with zero attached hydrogens (tertiary/aromatic N) is 2. The first-order chi connectivity index (χ1) is 16.8. The van der Waals surface area contributed by atoms with E-state index in [9.17, 15) is 14.4 Å². The molecule has 0 radical (unpaired) electrons. The van der Waals surface area contributed by atoms with Crippen LogP contribution in [0, 0.1) is 11.8 Å². The number of fused-ring (bicyclic) bond motifs is 2. The van der Waals surface area contributed by atoms with Crippen LogP contribution < -0.4 is 5.43 Å². The SMILES string of the molecule is CSC1=N[C@@](C)(c2ccccc2)C(=O)N1Nc1ccccc1.O=C(O)C1C2CCC(O2)C1C(=O)O. The highest BCUT2D eigenvalue weighted by Crippen LogP contribution is 2.43. The lowest BCUT2D eigenvalue weighted by Crippen LogP contribution is -2.42. The van der Waals surface area contributed by atoms with Crippen LogP contribution in [0.15, 0.2) is 65.7 Å². The van der Waals surface area contributed by atoms with Crippen molar-refractivity contribution in [3.05, 3.63) is 66.2 Å². The number of thioether (sulfide) groups is 1. The molecule has 10 heteroatoms. The van der Waals surface area contributed by atoms with Crippen LogP contribution in [0.1, 0.15) is 25.3 Å². The fourth-order valence-electron chi connectivity index (χ4n) is 4.73. The molecule has 4 unspecified atom stereocenters. The molecule has 5 rings (SSSR count). The van der Waals surface area contributed by atoms with Gasteiger partial charge in [-0.05, 0) is 43.7 Å². The van der Waals surface area contributed by atoms with Gasteiger partial charge in [-0.3, -0.25) is 19.8 Å². The summed E-state index contributed by atoms with van der Waals surface area (Å²) < 4.78 is 5.26. The predicted molar refractivity (Wildman–Crippen MR) is 132 cm³/mol. The van der Waals surface area contributed by atoms with E-state index in [4.69, 9.17) is 14.9 Å². The van der Waals surface area contributed by atoms with Crippen LogP contribution in [-0.4, -0.2) is 56.7 Å². The molecule has 2 fully saturated rings. The largest absolute Gasteiger partial charge is 0.481 e. The molecule has 0 aromatic heterocycles. The molecule has 0 aliphatic carbocycles. The molecule has 5 atom stereocenters. The number of ether oxygens (including phenoxy) is 1. The molecule has 3 aliphatic heterocycles. The van der Waals surface area contributed by atoms with Crippen LogP contribution in [0.25, 0.3) is 0 Å². The van der Waals surface area contributed by atoms with Crippen molar-refractivity contribution < 1.29 is 29.3 Å². The van der Waals surface area contributed by atoms with Crippen LogP contribution in [0.4, 0.5) is 5.69 Å². The van der Waals surface area contributed by atoms with Crippen LogP contribution in [0.3, 0.4) is 0 Å². The summed E-state index contributed by atoms with van der Waals surface area (Å²) in [4.78, 5) is 39.1. The molecule has 1 amide bonds. The molecule has 2 aromatic carbocycles. The van der Waals surface area contributed by atoms with E-state index in [1.165, 1.54) is 16.8 Å². The number of amidine groups is 1. The van der Waals surface area contributed by atoms with Crippen molar-refractivity contribution in [2.75, 3.05) is 11.7 Å². The van der Waals surface area contributed by atoms with Gasteiger partial charge >= 0.3 is 11.9 Å². The van der Waals surface area contributed by atoms with Crippen molar-refractivity contribution >= 4 is 40.5 Å². The van der Waals surface area contributed by atoms with Crippen LogP contribution >= 0.6 is 11.8 Å². The molecule has 9 nitrogen and oxygen atoms in total. The second kappa shape index (κ2) is 10.1. The maximum absolute atomic E-state index is 12.9. The zero-order valence-corrected chi connectivity index (χ0v) is 20.1. The topological polar surface area (TPSA) is 129 Å². The number of hydrazine groups is 1. The third-order valence-electron chi connectivity index (χ3n) is 6.51. The Morgan fingerprint density at radius 1 is 1.00 bits per heavy atom. The van der Waals surface area contributed by atoms with E-state index in [-0.39, 0.29) is 18.1 Å². The molecule has 0 spiro atoms. The van der Waals surface area contributed by atoms with Crippen molar-refractivity contribution in [3.8, 4) is 0 Å². The third kappa shape index (κ3) is 4.76. The van der Waals surface area contributed by atoms with Gasteiger partial charge in [0.25, 0.3) is 5.91 Å². The van der Waals surface area contributed by atoms with Gasteiger partial charge in [0.1, 0.15) is 0 Å². The van der Waals surface area contributed by atoms with Crippen molar-refractivity contribution in [1.82, 2.24) is 5.01 Å². The number of aliphatic carboxylic acids is 2. The number of benzene rings is 2. The molecule has 2 bridgehead atoms. The Morgan fingerprint density at radius 2 is 1.51 bits per heavy atom. The number of nitrogens with one attached hydrogen (secondary N) is 1. The number of hydrogen-bond donors (Lipinski definition) is 3. The fraction of sp³-hybridized carbons (Fsp3) is 0.360. The average molecular weight is 498 g/mol. The monoisotopic (exact) mass is 497 g/mol. The first kappa shape index (κ1) is 24.7. The maximum Gasteiger partial charge on any atom is 0.310 e. The van der Waals surface area contributed by atoms with Gasteiger partial charge in [-0.2, -0.15) is 5.01 Å². The van der Waals surface area contributed by atoms with Crippen molar-refractivity contribution in [3.63, 3.8) is 0 Å². The number of amides is 1. The van der Waals surface area contributed by atoms with Gasteiger partial charge in [-0.25, -0.2) is 4.99 Å². The first-order valence-corrected chi connectivity index (χ1v) is 12.5. The number of hydrogen-bond acceptors (Lipinski definition) is 7. The Balaban J connectivity index is 0.000000189. The van der Waals surface area contributed by atoms with Crippen molar-refractivity contribution in [2.24, 2.45) is 16.8 Å². The van der Waals surface area contributed by atoms with Crippen LogP contribution in [-0.2, 0) is 24.7 Å². The summed E-state index contributed by atoms with van der Waals surface area (Å²) in [5.41, 5.74) is 4.01. The van der Waals surface area contributed by atoms with Crippen LogP contribution in [0.5, 0.6) is 0 Å². The summed E-state index contributed by atoms with van der Waals surface area (Å²) in [5, 5.41) is 19.8. The Kier molecular flexibility index (Phi) is 7.13. The van der Waals surface area contributed by atoms with E-state index >= 15 is 0 Å². The molecule has 3 aliphatic rings. The molecular formula is C25H27N3O6S. The van der Waals surface area contributed by atoms with E-state index in [0.717, 1.165) is 11.3 Å². The number of carbonyl (C=O) groups is 3. The number of aliphatic imine (C=N–C) groups is 1. The van der Waals surface area contributed by atoms with Gasteiger partial charge in [0.05, 0.1) is 29.7 Å². The van der Waals surface area contributed by atoms with Gasteiger partial charge in [-0.1, -0.05) is 60.3 Å². The lowest BCUT2D eigenvalue weighted by molar-refractivity contribution is -0.154. The molecule has 184 valence electrons. The minimum atomic E-state index is -1.06. The Labute approximate surface area is 207 Å². The first-order valence-electron chi connectivity index (χ1n) is 11.2. The van der Waals surface area contributed by atoms with Gasteiger partial charge in [0.15, 0.2) is 10.7 Å². The summed E-state index contributed by atoms with van der Waals surface area (Å²) in [6.07, 6.45) is 2.49. The summed E-state index contributed by atoms with van der Waals surface area (Å²) in [6, 6.07) is 19.3. The van der Waals surface area contributed by atoms with Crippen molar-refractivity contribution in [2.45, 2.75) is 37.5 Å². The lowest BCUT2D eigenvalue weighted by Gasteiger charge is -2.23. The van der Waals surface area contributed by atoms with Crippen molar-refractivity contribution in [1.29, 1.82) is 0 Å². The standard InChI is InChI=1S/C17H17N3OS.C8H10O5/c1-17(13-9-5-3-6-10-13)15(21)20(16(18-17)22-2)19-14-11-7-4-8-12-14;9-7(10)5-3-1-2-4(13-3)6(5)8(11)12/h3-12,19H,1-2H3;3-6H,1-2H2,(H,9,10)(H,11,12)/t17-;/m0./s1. The molecular weight excluding hydrogens is 470 g/mol. The Bertz CT molecular complexity index is 1100. The molecule has 2 saturated heterocycles. The summed E-state index contributed by atoms with van der Waals surface area (Å²) >= 11 is 1.45. The second-order valence-electron chi connectivity index (χ2n) is 8.67. The number of carboxylic acids is 2. The summed E-state index contributed by atoms with van der Waals surface area (Å²) in [7, 11) is 0.